The van der Waals surface area contributed by atoms with Crippen molar-refractivity contribution in [3.63, 3.8) is 0 Å². The topological polar surface area (TPSA) is 12.5 Å². The first-order valence-corrected chi connectivity index (χ1v) is 26.4. The maximum absolute atomic E-state index is 6.76. The minimum atomic E-state index is -0.608. The van der Waals surface area contributed by atoms with Gasteiger partial charge in [-0.15, -0.1) is 11.3 Å². The Bertz CT molecular complexity index is 3970. The van der Waals surface area contributed by atoms with Crippen molar-refractivity contribution in [1.82, 2.24) is 0 Å². The molecule has 12 aromatic rings. The lowest BCUT2D eigenvalue weighted by Gasteiger charge is -2.40. The quantitative estimate of drug-likeness (QED) is 0.174. The number of fused-ring (bicyclic) bond motifs is 21. The monoisotopic (exact) mass is 951 g/mol. The Morgan fingerprint density at radius 3 is 1.38 bits per heavy atom. The lowest BCUT2D eigenvalue weighted by Crippen LogP contribution is -2.32. The number of anilines is 3. The summed E-state index contributed by atoms with van der Waals surface area (Å²) < 4.78 is 9.40. The molecule has 0 unspecified atom stereocenters. The maximum atomic E-state index is 6.76. The van der Waals surface area contributed by atoms with Crippen LogP contribution in [0.5, 0.6) is 11.5 Å². The van der Waals surface area contributed by atoms with Gasteiger partial charge in [-0.2, -0.15) is 0 Å². The van der Waals surface area contributed by atoms with Gasteiger partial charge in [0.25, 0.3) is 0 Å². The zero-order chi connectivity index (χ0) is 47.1. The Morgan fingerprint density at radius 2 is 0.764 bits per heavy atom. The van der Waals surface area contributed by atoms with Crippen LogP contribution in [0.25, 0.3) is 53.6 Å². The molecule has 0 saturated carbocycles. The number of hydrogen-bond donors (Lipinski definition) is 0. The van der Waals surface area contributed by atoms with Crippen LogP contribution in [0, 0.1) is 0 Å². The van der Waals surface area contributed by atoms with E-state index in [9.17, 15) is 0 Å². The van der Waals surface area contributed by atoms with Gasteiger partial charge < -0.3 is 9.64 Å². The van der Waals surface area contributed by atoms with Crippen LogP contribution in [-0.4, -0.2) is 0 Å². The smallest absolute Gasteiger partial charge is 0.132 e. The third kappa shape index (κ3) is 5.30. The normalized spacial score (nSPS) is 14.4. The molecule has 2 aliphatic carbocycles. The molecule has 336 valence electrons. The highest BCUT2D eigenvalue weighted by Gasteiger charge is 2.52. The summed E-state index contributed by atoms with van der Waals surface area (Å²) in [6, 6.07) is 92.9. The molecule has 0 atom stereocenters. The molecule has 0 radical (unpaired) electrons. The van der Waals surface area contributed by atoms with Crippen LogP contribution in [0.15, 0.2) is 259 Å². The van der Waals surface area contributed by atoms with Gasteiger partial charge in [-0.1, -0.05) is 194 Å². The van der Waals surface area contributed by atoms with Gasteiger partial charge in [0, 0.05) is 58.2 Å². The molecule has 3 heterocycles. The van der Waals surface area contributed by atoms with E-state index < -0.39 is 10.8 Å². The molecule has 16 rings (SSSR count). The van der Waals surface area contributed by atoms with Gasteiger partial charge in [0.2, 0.25) is 0 Å². The SMILES string of the molecule is c1ccc2c(c1)Oc1ccccc1C21c2ccccc2-c2ccc(N(c3ccc(-c4cccc5c4sc4ccccc45)cc3)c3ccc4c(c3)C3(c5ccccc5Sc5ccccc53)c3ccccc3-4)cc21. The fraction of sp³-hybridized carbons (Fsp3) is 0.0294. The van der Waals surface area contributed by atoms with E-state index in [4.69, 9.17) is 4.74 Å². The molecule has 11 aromatic carbocycles. The zero-order valence-corrected chi connectivity index (χ0v) is 40.5. The average Bonchev–Trinajstić information content (AvgIpc) is 4.07. The van der Waals surface area contributed by atoms with Gasteiger partial charge >= 0.3 is 0 Å². The summed E-state index contributed by atoms with van der Waals surface area (Å²) in [6.07, 6.45) is 0. The molecule has 72 heavy (non-hydrogen) atoms. The fourth-order valence-electron chi connectivity index (χ4n) is 13.2. The second kappa shape index (κ2) is 15.1. The third-order valence-electron chi connectivity index (χ3n) is 16.0. The first-order chi connectivity index (χ1) is 35.7. The van der Waals surface area contributed by atoms with Crippen LogP contribution in [0.4, 0.5) is 17.1 Å². The summed E-state index contributed by atoms with van der Waals surface area (Å²) in [5, 5.41) is 2.62. The van der Waals surface area contributed by atoms with Gasteiger partial charge in [-0.3, -0.25) is 0 Å². The molecule has 0 fully saturated rings. The van der Waals surface area contributed by atoms with Crippen LogP contribution in [0.3, 0.4) is 0 Å². The summed E-state index contributed by atoms with van der Waals surface area (Å²) in [5.74, 6) is 1.78. The molecule has 0 N–H and O–H groups in total. The first-order valence-electron chi connectivity index (χ1n) is 24.7. The Labute approximate surface area is 426 Å². The highest BCUT2D eigenvalue weighted by molar-refractivity contribution is 7.99. The zero-order valence-electron chi connectivity index (χ0n) is 38.8. The van der Waals surface area contributed by atoms with Crippen molar-refractivity contribution in [2.75, 3.05) is 4.90 Å². The number of benzene rings is 11. The summed E-state index contributed by atoms with van der Waals surface area (Å²) in [4.78, 5) is 5.10. The van der Waals surface area contributed by atoms with E-state index in [1.54, 1.807) is 0 Å². The Morgan fingerprint density at radius 1 is 0.319 bits per heavy atom. The van der Waals surface area contributed by atoms with Crippen LogP contribution in [0.2, 0.25) is 0 Å². The molecule has 0 saturated heterocycles. The van der Waals surface area contributed by atoms with E-state index in [0.717, 1.165) is 39.7 Å². The predicted octanol–water partition coefficient (Wildman–Crippen LogP) is 18.5. The molecule has 2 aliphatic heterocycles. The minimum Gasteiger partial charge on any atom is -0.457 e. The Kier molecular flexibility index (Phi) is 8.43. The van der Waals surface area contributed by atoms with Crippen LogP contribution >= 0.6 is 23.1 Å². The number of thiophene rings is 1. The van der Waals surface area contributed by atoms with E-state index in [1.165, 1.54) is 96.7 Å². The second-order valence-corrected chi connectivity index (χ2v) is 21.5. The highest BCUT2D eigenvalue weighted by atomic mass is 32.2. The number of hydrogen-bond acceptors (Lipinski definition) is 4. The number of ether oxygens (including phenoxy) is 1. The number of rotatable bonds is 4. The van der Waals surface area contributed by atoms with Crippen molar-refractivity contribution in [3.05, 3.63) is 293 Å². The van der Waals surface area contributed by atoms with Gasteiger partial charge in [-0.05, 0) is 133 Å². The second-order valence-electron chi connectivity index (χ2n) is 19.4. The Balaban J connectivity index is 0.954. The van der Waals surface area contributed by atoms with Crippen LogP contribution < -0.4 is 9.64 Å². The lowest BCUT2D eigenvalue weighted by molar-refractivity contribution is 0.436. The fourth-order valence-corrected chi connectivity index (χ4v) is 15.6. The largest absolute Gasteiger partial charge is 0.457 e. The van der Waals surface area contributed by atoms with Crippen molar-refractivity contribution in [2.24, 2.45) is 0 Å². The molecule has 2 nitrogen and oxygen atoms in total. The third-order valence-corrected chi connectivity index (χ3v) is 18.4. The maximum Gasteiger partial charge on any atom is 0.132 e. The first kappa shape index (κ1) is 40.3. The molecular formula is C68H41NOS2. The van der Waals surface area contributed by atoms with Crippen molar-refractivity contribution < 1.29 is 4.74 Å². The molecular weight excluding hydrogens is 911 g/mol. The molecule has 1 aromatic heterocycles. The average molecular weight is 952 g/mol. The standard InChI is InChI=1S/C68H41NOS2/c1-4-21-53-47(16-1)49-38-36-44(40-59(49)67(53)55-23-6-10-27-61(55)70-62-28-11-7-24-56(62)67)69(43-34-32-42(33-35-43)46-19-15-20-52-51-18-3-12-29-63(51)72-66(46)52)45-37-39-50-48-17-2-5-22-54(48)68(60(50)41-45)57-25-8-13-30-64(57)71-65-31-14-9-26-58(65)68/h1-41H. The van der Waals surface area contributed by atoms with Crippen LogP contribution in [-0.2, 0) is 10.8 Å². The summed E-state index contributed by atoms with van der Waals surface area (Å²) in [7, 11) is 0. The van der Waals surface area contributed by atoms with Gasteiger partial charge in [0.1, 0.15) is 11.5 Å². The summed E-state index contributed by atoms with van der Waals surface area (Å²) >= 11 is 3.77. The van der Waals surface area contributed by atoms with Gasteiger partial charge in [0.15, 0.2) is 0 Å². The molecule has 2 spiro atoms. The number of nitrogens with zero attached hydrogens (tertiary/aromatic N) is 1. The molecule has 0 bridgehead atoms. The van der Waals surface area contributed by atoms with Crippen molar-refractivity contribution in [3.8, 4) is 44.9 Å². The number of para-hydroxylation sites is 2. The van der Waals surface area contributed by atoms with Crippen LogP contribution in [0.1, 0.15) is 44.5 Å². The lowest BCUT2D eigenvalue weighted by atomic mass is 9.66. The van der Waals surface area contributed by atoms with E-state index in [0.29, 0.717) is 0 Å². The van der Waals surface area contributed by atoms with E-state index in [2.05, 4.69) is 254 Å². The minimum absolute atomic E-state index is 0.516. The molecule has 0 amide bonds. The van der Waals surface area contributed by atoms with E-state index in [-0.39, 0.29) is 0 Å². The van der Waals surface area contributed by atoms with Crippen molar-refractivity contribution in [1.29, 1.82) is 0 Å². The highest BCUT2D eigenvalue weighted by Crippen LogP contribution is 2.65. The van der Waals surface area contributed by atoms with Crippen molar-refractivity contribution >= 4 is 60.3 Å². The molecule has 4 heteroatoms. The van der Waals surface area contributed by atoms with E-state index >= 15 is 0 Å². The summed E-state index contributed by atoms with van der Waals surface area (Å²) in [5.41, 5.74) is 19.8. The Hall–Kier alpha value is -8.41. The predicted molar refractivity (Wildman–Crippen MR) is 298 cm³/mol. The molecule has 4 aliphatic rings. The van der Waals surface area contributed by atoms with E-state index in [1.807, 2.05) is 23.1 Å². The summed E-state index contributed by atoms with van der Waals surface area (Å²) in [6.45, 7) is 0. The van der Waals surface area contributed by atoms with Gasteiger partial charge in [0.05, 0.1) is 10.8 Å². The van der Waals surface area contributed by atoms with Gasteiger partial charge in [-0.25, -0.2) is 0 Å². The van der Waals surface area contributed by atoms with Crippen molar-refractivity contribution in [2.45, 2.75) is 20.6 Å².